The van der Waals surface area contributed by atoms with Crippen molar-refractivity contribution in [3.8, 4) is 0 Å². The lowest BCUT2D eigenvalue weighted by Gasteiger charge is -2.25. The second-order valence-electron chi connectivity index (χ2n) is 6.41. The van der Waals surface area contributed by atoms with Crippen LogP contribution in [0.15, 0.2) is 0 Å². The molecule has 2 unspecified atom stereocenters. The highest BCUT2D eigenvalue weighted by Gasteiger charge is 2.22. The Morgan fingerprint density at radius 3 is 2.80 bits per heavy atom. The molecule has 2 heterocycles. The summed E-state index contributed by atoms with van der Waals surface area (Å²) in [4.78, 5) is 2.53. The van der Waals surface area contributed by atoms with Crippen molar-refractivity contribution in [3.05, 3.63) is 11.3 Å². The minimum absolute atomic E-state index is 0.238. The Labute approximate surface area is 123 Å². The number of nitrogens with zero attached hydrogens (tertiary/aromatic N) is 3. The topological polar surface area (TPSA) is 47.1 Å². The zero-order chi connectivity index (χ0) is 14.7. The first-order valence-corrected chi connectivity index (χ1v) is 8.05. The van der Waals surface area contributed by atoms with Gasteiger partial charge < -0.3 is 10.6 Å². The molecule has 1 saturated heterocycles. The van der Waals surface area contributed by atoms with Crippen LogP contribution in [-0.2, 0) is 13.5 Å². The van der Waals surface area contributed by atoms with Crippen molar-refractivity contribution in [2.75, 3.05) is 18.0 Å². The van der Waals surface area contributed by atoms with Gasteiger partial charge in [0, 0.05) is 31.7 Å². The van der Waals surface area contributed by atoms with Crippen LogP contribution in [0.2, 0.25) is 0 Å². The molecule has 114 valence electrons. The first-order valence-electron chi connectivity index (χ1n) is 8.05. The smallest absolute Gasteiger partial charge is 0.130 e. The Hall–Kier alpha value is -1.03. The van der Waals surface area contributed by atoms with Crippen molar-refractivity contribution in [1.82, 2.24) is 9.78 Å². The summed E-state index contributed by atoms with van der Waals surface area (Å²) in [5.41, 5.74) is 8.68. The summed E-state index contributed by atoms with van der Waals surface area (Å²) in [5, 5.41) is 4.64. The fraction of sp³-hybridized carbons (Fsp3) is 0.812. The highest BCUT2D eigenvalue weighted by molar-refractivity contribution is 5.50. The largest absolute Gasteiger partial charge is 0.357 e. The van der Waals surface area contributed by atoms with Gasteiger partial charge in [-0.2, -0.15) is 5.10 Å². The van der Waals surface area contributed by atoms with E-state index in [1.54, 1.807) is 0 Å². The van der Waals surface area contributed by atoms with Gasteiger partial charge in [0.1, 0.15) is 5.82 Å². The highest BCUT2D eigenvalue weighted by Crippen LogP contribution is 2.28. The van der Waals surface area contributed by atoms with Crippen LogP contribution >= 0.6 is 0 Å². The zero-order valence-electron chi connectivity index (χ0n) is 13.5. The molecule has 1 fully saturated rings. The number of rotatable bonds is 4. The third-order valence-electron chi connectivity index (χ3n) is 4.62. The van der Waals surface area contributed by atoms with E-state index in [0.717, 1.165) is 37.5 Å². The van der Waals surface area contributed by atoms with E-state index in [-0.39, 0.29) is 6.04 Å². The van der Waals surface area contributed by atoms with E-state index >= 15 is 0 Å². The molecule has 20 heavy (non-hydrogen) atoms. The van der Waals surface area contributed by atoms with Crippen LogP contribution in [0, 0.1) is 12.8 Å². The van der Waals surface area contributed by atoms with Gasteiger partial charge >= 0.3 is 0 Å². The van der Waals surface area contributed by atoms with Crippen LogP contribution in [0.5, 0.6) is 0 Å². The third kappa shape index (κ3) is 3.35. The van der Waals surface area contributed by atoms with Crippen LogP contribution in [-0.4, -0.2) is 28.9 Å². The number of aryl methyl sites for hydroxylation is 2. The SMILES string of the molecule is CCC(N)Cc1c(C)nn(C)c1N1CCCC(C)CC1. The van der Waals surface area contributed by atoms with Crippen LogP contribution in [0.1, 0.15) is 50.8 Å². The van der Waals surface area contributed by atoms with Gasteiger partial charge in [-0.3, -0.25) is 4.68 Å². The minimum Gasteiger partial charge on any atom is -0.357 e. The van der Waals surface area contributed by atoms with Crippen molar-refractivity contribution in [3.63, 3.8) is 0 Å². The lowest BCUT2D eigenvalue weighted by molar-refractivity contribution is 0.520. The Morgan fingerprint density at radius 2 is 2.10 bits per heavy atom. The van der Waals surface area contributed by atoms with E-state index in [1.807, 2.05) is 0 Å². The normalized spacial score (nSPS) is 21.9. The van der Waals surface area contributed by atoms with Crippen LogP contribution in [0.4, 0.5) is 5.82 Å². The van der Waals surface area contributed by atoms with Crippen molar-refractivity contribution >= 4 is 5.82 Å². The monoisotopic (exact) mass is 278 g/mol. The van der Waals surface area contributed by atoms with Crippen molar-refractivity contribution in [2.24, 2.45) is 18.7 Å². The second kappa shape index (κ2) is 6.61. The average Bonchev–Trinajstić information content (AvgIpc) is 2.57. The summed E-state index contributed by atoms with van der Waals surface area (Å²) in [6, 6.07) is 0.238. The van der Waals surface area contributed by atoms with Gasteiger partial charge in [0.05, 0.1) is 5.69 Å². The zero-order valence-corrected chi connectivity index (χ0v) is 13.5. The number of aromatic nitrogens is 2. The van der Waals surface area contributed by atoms with E-state index in [2.05, 4.69) is 42.5 Å². The predicted molar refractivity (Wildman–Crippen MR) is 85.1 cm³/mol. The van der Waals surface area contributed by atoms with Gasteiger partial charge in [0.2, 0.25) is 0 Å². The third-order valence-corrected chi connectivity index (χ3v) is 4.62. The molecule has 2 rings (SSSR count). The van der Waals surface area contributed by atoms with E-state index in [4.69, 9.17) is 5.73 Å². The van der Waals surface area contributed by atoms with E-state index in [1.165, 1.54) is 30.6 Å². The van der Waals surface area contributed by atoms with Gasteiger partial charge in [-0.15, -0.1) is 0 Å². The lowest BCUT2D eigenvalue weighted by Crippen LogP contribution is -2.29. The maximum absolute atomic E-state index is 6.18. The molecule has 0 aromatic carbocycles. The summed E-state index contributed by atoms with van der Waals surface area (Å²) in [6.07, 6.45) is 5.87. The summed E-state index contributed by atoms with van der Waals surface area (Å²) < 4.78 is 2.06. The standard InChI is InChI=1S/C16H30N4/c1-5-14(17)11-15-13(3)18-19(4)16(15)20-9-6-7-12(2)8-10-20/h12,14H,5-11,17H2,1-4H3. The van der Waals surface area contributed by atoms with Gasteiger partial charge in [0.25, 0.3) is 0 Å². The van der Waals surface area contributed by atoms with Crippen molar-refractivity contribution < 1.29 is 0 Å². The average molecular weight is 278 g/mol. The molecule has 1 aliphatic rings. The summed E-state index contributed by atoms with van der Waals surface area (Å²) in [5.74, 6) is 2.15. The van der Waals surface area contributed by atoms with Gasteiger partial charge in [0.15, 0.2) is 0 Å². The molecular formula is C16H30N4. The number of anilines is 1. The molecule has 2 atom stereocenters. The van der Waals surface area contributed by atoms with Crippen molar-refractivity contribution in [1.29, 1.82) is 0 Å². The van der Waals surface area contributed by atoms with Crippen LogP contribution < -0.4 is 10.6 Å². The molecule has 0 saturated carbocycles. The molecule has 0 spiro atoms. The fourth-order valence-corrected chi connectivity index (χ4v) is 3.21. The number of nitrogens with two attached hydrogens (primary N) is 1. The molecule has 1 aromatic heterocycles. The Morgan fingerprint density at radius 1 is 1.35 bits per heavy atom. The lowest BCUT2D eigenvalue weighted by atomic mass is 10.0. The molecule has 0 amide bonds. The molecule has 2 N–H and O–H groups in total. The molecule has 1 aromatic rings. The highest BCUT2D eigenvalue weighted by atomic mass is 15.4. The first-order chi connectivity index (χ1) is 9.52. The fourth-order valence-electron chi connectivity index (χ4n) is 3.21. The summed E-state index contributed by atoms with van der Waals surface area (Å²) >= 11 is 0. The van der Waals surface area contributed by atoms with E-state index in [0.29, 0.717) is 0 Å². The Bertz CT molecular complexity index is 438. The van der Waals surface area contributed by atoms with Crippen molar-refractivity contribution in [2.45, 2.75) is 58.9 Å². The second-order valence-corrected chi connectivity index (χ2v) is 6.41. The molecule has 4 nitrogen and oxygen atoms in total. The number of hydrogen-bond donors (Lipinski definition) is 1. The molecule has 1 aliphatic heterocycles. The predicted octanol–water partition coefficient (Wildman–Crippen LogP) is 2.63. The Balaban J connectivity index is 2.25. The van der Waals surface area contributed by atoms with Crippen LogP contribution in [0.3, 0.4) is 0 Å². The maximum Gasteiger partial charge on any atom is 0.130 e. The van der Waals surface area contributed by atoms with Gasteiger partial charge in [-0.1, -0.05) is 13.8 Å². The first kappa shape index (κ1) is 15.4. The molecule has 4 heteroatoms. The molecular weight excluding hydrogens is 248 g/mol. The van der Waals surface area contributed by atoms with Gasteiger partial charge in [-0.25, -0.2) is 0 Å². The maximum atomic E-state index is 6.18. The summed E-state index contributed by atoms with van der Waals surface area (Å²) in [6.45, 7) is 8.93. The minimum atomic E-state index is 0.238. The molecule has 0 radical (unpaired) electrons. The molecule has 0 aliphatic carbocycles. The quantitative estimate of drug-likeness (QED) is 0.921. The Kier molecular flexibility index (Phi) is 5.08. The van der Waals surface area contributed by atoms with Crippen LogP contribution in [0.25, 0.3) is 0 Å². The van der Waals surface area contributed by atoms with E-state index in [9.17, 15) is 0 Å². The van der Waals surface area contributed by atoms with Gasteiger partial charge in [-0.05, 0) is 44.9 Å². The molecule has 0 bridgehead atoms. The number of hydrogen-bond acceptors (Lipinski definition) is 3. The summed E-state index contributed by atoms with van der Waals surface area (Å²) in [7, 11) is 2.07. The van der Waals surface area contributed by atoms with E-state index < -0.39 is 0 Å².